The smallest absolute Gasteiger partial charge is 0.123 e. The van der Waals surface area contributed by atoms with Crippen LogP contribution in [0.3, 0.4) is 0 Å². The van der Waals surface area contributed by atoms with Crippen LogP contribution in [0.25, 0.3) is 11.1 Å². The van der Waals surface area contributed by atoms with Gasteiger partial charge in [-0.1, -0.05) is 24.3 Å². The predicted octanol–water partition coefficient (Wildman–Crippen LogP) is 2.66. The van der Waals surface area contributed by atoms with Crippen molar-refractivity contribution in [2.24, 2.45) is 5.73 Å². The molecule has 2 aromatic carbocycles. The highest BCUT2D eigenvalue weighted by molar-refractivity contribution is 5.70. The first-order valence-corrected chi connectivity index (χ1v) is 4.98. The van der Waals surface area contributed by atoms with Gasteiger partial charge in [-0.2, -0.15) is 0 Å². The SMILES string of the molecule is NCc1ccc(-c2ccc(F)cc2)c(O)c1. The summed E-state index contributed by atoms with van der Waals surface area (Å²) < 4.78 is 12.7. The first-order chi connectivity index (χ1) is 7.70. The zero-order valence-electron chi connectivity index (χ0n) is 8.65. The molecule has 0 atom stereocenters. The molecular formula is C13H12FNO. The molecule has 2 aromatic rings. The van der Waals surface area contributed by atoms with Crippen molar-refractivity contribution in [1.29, 1.82) is 0 Å². The molecule has 0 fully saturated rings. The Balaban J connectivity index is 2.44. The van der Waals surface area contributed by atoms with Gasteiger partial charge in [0, 0.05) is 12.1 Å². The Morgan fingerprint density at radius 1 is 1.06 bits per heavy atom. The Hall–Kier alpha value is -1.87. The molecule has 0 amide bonds. The lowest BCUT2D eigenvalue weighted by atomic mass is 10.0. The molecule has 0 heterocycles. The molecule has 0 aromatic heterocycles. The van der Waals surface area contributed by atoms with Gasteiger partial charge in [-0.05, 0) is 29.3 Å². The largest absolute Gasteiger partial charge is 0.507 e. The molecule has 2 nitrogen and oxygen atoms in total. The third kappa shape index (κ3) is 2.04. The van der Waals surface area contributed by atoms with Crippen molar-refractivity contribution in [2.75, 3.05) is 0 Å². The molecule has 0 spiro atoms. The second kappa shape index (κ2) is 4.33. The summed E-state index contributed by atoms with van der Waals surface area (Å²) in [5.41, 5.74) is 7.79. The fraction of sp³-hybridized carbons (Fsp3) is 0.0769. The summed E-state index contributed by atoms with van der Waals surface area (Å²) in [6.07, 6.45) is 0. The van der Waals surface area contributed by atoms with E-state index in [0.29, 0.717) is 12.1 Å². The molecule has 0 aliphatic rings. The van der Waals surface area contributed by atoms with Gasteiger partial charge in [-0.15, -0.1) is 0 Å². The van der Waals surface area contributed by atoms with Gasteiger partial charge in [0.15, 0.2) is 0 Å². The molecule has 0 bridgehead atoms. The lowest BCUT2D eigenvalue weighted by molar-refractivity contribution is 0.476. The number of halogens is 1. The molecule has 0 radical (unpaired) electrons. The predicted molar refractivity (Wildman–Crippen MR) is 61.4 cm³/mol. The molecule has 0 unspecified atom stereocenters. The van der Waals surface area contributed by atoms with Gasteiger partial charge in [-0.25, -0.2) is 4.39 Å². The Labute approximate surface area is 93.2 Å². The normalized spacial score (nSPS) is 10.4. The molecule has 0 aliphatic carbocycles. The van der Waals surface area contributed by atoms with Crippen LogP contribution in [0, 0.1) is 5.82 Å². The molecule has 16 heavy (non-hydrogen) atoms. The first-order valence-electron chi connectivity index (χ1n) is 4.98. The van der Waals surface area contributed by atoms with Crippen LogP contribution in [-0.4, -0.2) is 5.11 Å². The molecule has 3 N–H and O–H groups in total. The highest BCUT2D eigenvalue weighted by Crippen LogP contribution is 2.29. The summed E-state index contributed by atoms with van der Waals surface area (Å²) in [7, 11) is 0. The summed E-state index contributed by atoms with van der Waals surface area (Å²) >= 11 is 0. The molecule has 3 heteroatoms. The number of phenolic OH excluding ortho intramolecular Hbond substituents is 1. The monoisotopic (exact) mass is 217 g/mol. The van der Waals surface area contributed by atoms with Crippen LogP contribution < -0.4 is 5.73 Å². The average Bonchev–Trinajstić information content (AvgIpc) is 2.30. The Kier molecular flexibility index (Phi) is 2.88. The van der Waals surface area contributed by atoms with Crippen LogP contribution >= 0.6 is 0 Å². The van der Waals surface area contributed by atoms with Gasteiger partial charge in [0.05, 0.1) is 0 Å². The van der Waals surface area contributed by atoms with Crippen LogP contribution in [0.1, 0.15) is 5.56 Å². The van der Waals surface area contributed by atoms with Gasteiger partial charge in [0.1, 0.15) is 11.6 Å². The molecular weight excluding hydrogens is 205 g/mol. The Morgan fingerprint density at radius 3 is 2.31 bits per heavy atom. The summed E-state index contributed by atoms with van der Waals surface area (Å²) in [6.45, 7) is 0.386. The van der Waals surface area contributed by atoms with Crippen molar-refractivity contribution >= 4 is 0 Å². The third-order valence-electron chi connectivity index (χ3n) is 2.45. The minimum Gasteiger partial charge on any atom is -0.507 e. The number of nitrogens with two attached hydrogens (primary N) is 1. The summed E-state index contributed by atoms with van der Waals surface area (Å²) in [6, 6.07) is 11.2. The zero-order chi connectivity index (χ0) is 11.5. The number of hydrogen-bond acceptors (Lipinski definition) is 2. The fourth-order valence-electron chi connectivity index (χ4n) is 1.58. The molecule has 0 aliphatic heterocycles. The van der Waals surface area contributed by atoms with Crippen molar-refractivity contribution in [3.63, 3.8) is 0 Å². The lowest BCUT2D eigenvalue weighted by Gasteiger charge is -2.06. The van der Waals surface area contributed by atoms with Gasteiger partial charge in [0.25, 0.3) is 0 Å². The van der Waals surface area contributed by atoms with E-state index in [1.165, 1.54) is 12.1 Å². The van der Waals surface area contributed by atoms with E-state index in [1.54, 1.807) is 24.3 Å². The quantitative estimate of drug-likeness (QED) is 0.812. The number of benzene rings is 2. The highest BCUT2D eigenvalue weighted by Gasteiger charge is 2.04. The Bertz CT molecular complexity index is 494. The zero-order valence-corrected chi connectivity index (χ0v) is 8.65. The van der Waals surface area contributed by atoms with Crippen molar-refractivity contribution in [3.05, 3.63) is 53.8 Å². The van der Waals surface area contributed by atoms with Crippen LogP contribution in [-0.2, 0) is 6.54 Å². The number of phenols is 1. The topological polar surface area (TPSA) is 46.2 Å². The van der Waals surface area contributed by atoms with E-state index in [2.05, 4.69) is 0 Å². The Morgan fingerprint density at radius 2 is 1.75 bits per heavy atom. The molecule has 0 saturated carbocycles. The van der Waals surface area contributed by atoms with E-state index in [4.69, 9.17) is 5.73 Å². The minimum absolute atomic E-state index is 0.162. The molecule has 82 valence electrons. The number of hydrogen-bond donors (Lipinski definition) is 2. The van der Waals surface area contributed by atoms with Crippen molar-refractivity contribution in [2.45, 2.75) is 6.54 Å². The number of rotatable bonds is 2. The molecule has 2 rings (SSSR count). The standard InChI is InChI=1S/C13H12FNO/c14-11-4-2-10(3-5-11)12-6-1-9(8-15)7-13(12)16/h1-7,16H,8,15H2. The summed E-state index contributed by atoms with van der Waals surface area (Å²) in [5.74, 6) is -0.128. The van der Waals surface area contributed by atoms with Crippen LogP contribution in [0.4, 0.5) is 4.39 Å². The van der Waals surface area contributed by atoms with Gasteiger partial charge in [0.2, 0.25) is 0 Å². The van der Waals surface area contributed by atoms with Crippen LogP contribution in [0.5, 0.6) is 5.75 Å². The minimum atomic E-state index is -0.290. The maximum absolute atomic E-state index is 12.7. The summed E-state index contributed by atoms with van der Waals surface area (Å²) in [5, 5.41) is 9.80. The van der Waals surface area contributed by atoms with E-state index in [9.17, 15) is 9.50 Å². The van der Waals surface area contributed by atoms with E-state index in [1.807, 2.05) is 6.07 Å². The van der Waals surface area contributed by atoms with Gasteiger partial charge < -0.3 is 10.8 Å². The maximum Gasteiger partial charge on any atom is 0.123 e. The third-order valence-corrected chi connectivity index (χ3v) is 2.45. The summed E-state index contributed by atoms with van der Waals surface area (Å²) in [4.78, 5) is 0. The number of aromatic hydroxyl groups is 1. The van der Waals surface area contributed by atoms with Crippen molar-refractivity contribution in [3.8, 4) is 16.9 Å². The molecule has 0 saturated heterocycles. The van der Waals surface area contributed by atoms with E-state index < -0.39 is 0 Å². The first kappa shape index (κ1) is 10.6. The van der Waals surface area contributed by atoms with Crippen LogP contribution in [0.15, 0.2) is 42.5 Å². The fourth-order valence-corrected chi connectivity index (χ4v) is 1.58. The van der Waals surface area contributed by atoms with E-state index in [-0.39, 0.29) is 11.6 Å². The second-order valence-electron chi connectivity index (χ2n) is 3.56. The van der Waals surface area contributed by atoms with E-state index >= 15 is 0 Å². The lowest BCUT2D eigenvalue weighted by Crippen LogP contribution is -1.95. The maximum atomic E-state index is 12.7. The average molecular weight is 217 g/mol. The van der Waals surface area contributed by atoms with Gasteiger partial charge in [-0.3, -0.25) is 0 Å². The van der Waals surface area contributed by atoms with Crippen molar-refractivity contribution in [1.82, 2.24) is 0 Å². The van der Waals surface area contributed by atoms with Crippen molar-refractivity contribution < 1.29 is 9.50 Å². The van der Waals surface area contributed by atoms with Gasteiger partial charge >= 0.3 is 0 Å². The van der Waals surface area contributed by atoms with Crippen LogP contribution in [0.2, 0.25) is 0 Å². The van der Waals surface area contributed by atoms with E-state index in [0.717, 1.165) is 11.1 Å². The highest BCUT2D eigenvalue weighted by atomic mass is 19.1. The second-order valence-corrected chi connectivity index (χ2v) is 3.56.